The number of nitrogen functional groups attached to an aromatic ring is 1. The zero-order valence-electron chi connectivity index (χ0n) is 17.8. The standard InChI is InChI=1S/C24H23ClN4O4/c1-33-21-4-2-3-15(18(21)12-22(30)31)13-28-20-10-7-16(25)11-19(20)24(32)29-17-8-5-14(6-9-17)23(26)27/h2-11,28H,12-13H2,1H3,(H3,26,27)(H,29,32)(H,30,31). The van der Waals surface area contributed by atoms with Gasteiger partial charge in [-0.1, -0.05) is 23.7 Å². The number of benzene rings is 3. The molecule has 6 N–H and O–H groups in total. The number of ether oxygens (including phenoxy) is 1. The third-order valence-electron chi connectivity index (χ3n) is 4.93. The lowest BCUT2D eigenvalue weighted by Gasteiger charge is -2.16. The van der Waals surface area contributed by atoms with Crippen LogP contribution >= 0.6 is 11.6 Å². The molecule has 0 aliphatic carbocycles. The molecule has 0 aliphatic heterocycles. The Bertz CT molecular complexity index is 1200. The maximum absolute atomic E-state index is 13.0. The van der Waals surface area contributed by atoms with Crippen LogP contribution in [0.4, 0.5) is 11.4 Å². The summed E-state index contributed by atoms with van der Waals surface area (Å²) in [6.45, 7) is 0.273. The van der Waals surface area contributed by atoms with Gasteiger partial charge in [0, 0.05) is 34.1 Å². The van der Waals surface area contributed by atoms with E-state index in [0.717, 1.165) is 5.56 Å². The zero-order chi connectivity index (χ0) is 24.0. The van der Waals surface area contributed by atoms with Crippen LogP contribution in [0.1, 0.15) is 27.0 Å². The van der Waals surface area contributed by atoms with E-state index in [1.54, 1.807) is 60.7 Å². The van der Waals surface area contributed by atoms with Crippen LogP contribution < -0.4 is 21.1 Å². The Balaban J connectivity index is 1.83. The summed E-state index contributed by atoms with van der Waals surface area (Å²) in [5.41, 5.74) is 8.69. The van der Waals surface area contributed by atoms with E-state index >= 15 is 0 Å². The predicted octanol–water partition coefficient (Wildman–Crippen LogP) is 4.12. The number of halogens is 1. The summed E-state index contributed by atoms with van der Waals surface area (Å²) in [5.74, 6) is -0.927. The molecule has 3 rings (SSSR count). The van der Waals surface area contributed by atoms with Gasteiger partial charge in [0.25, 0.3) is 5.91 Å². The van der Waals surface area contributed by atoms with Crippen LogP contribution in [-0.2, 0) is 17.8 Å². The number of hydrogen-bond acceptors (Lipinski definition) is 5. The Hall–Kier alpha value is -4.04. The molecule has 3 aromatic rings. The molecule has 33 heavy (non-hydrogen) atoms. The molecule has 0 bridgehead atoms. The SMILES string of the molecule is COc1cccc(CNc2ccc(Cl)cc2C(=O)Nc2ccc(C(=N)N)cc2)c1CC(=O)O. The van der Waals surface area contributed by atoms with E-state index in [9.17, 15) is 14.7 Å². The summed E-state index contributed by atoms with van der Waals surface area (Å²) >= 11 is 6.13. The summed E-state index contributed by atoms with van der Waals surface area (Å²) < 4.78 is 5.31. The molecule has 0 saturated heterocycles. The number of amides is 1. The highest BCUT2D eigenvalue weighted by Crippen LogP contribution is 2.26. The minimum absolute atomic E-state index is 0.0611. The first kappa shape index (κ1) is 23.6. The number of carbonyl (C=O) groups excluding carboxylic acids is 1. The molecule has 9 heteroatoms. The van der Waals surface area contributed by atoms with E-state index in [-0.39, 0.29) is 24.7 Å². The monoisotopic (exact) mass is 466 g/mol. The summed E-state index contributed by atoms with van der Waals surface area (Å²) in [6, 6.07) is 16.8. The number of methoxy groups -OCH3 is 1. The molecule has 0 saturated carbocycles. The molecule has 0 aliphatic rings. The van der Waals surface area contributed by atoms with E-state index in [0.29, 0.717) is 38.8 Å². The van der Waals surface area contributed by atoms with Crippen LogP contribution in [0.3, 0.4) is 0 Å². The smallest absolute Gasteiger partial charge is 0.307 e. The maximum atomic E-state index is 13.0. The van der Waals surface area contributed by atoms with Gasteiger partial charge in [-0.3, -0.25) is 15.0 Å². The van der Waals surface area contributed by atoms with Gasteiger partial charge in [-0.15, -0.1) is 0 Å². The number of rotatable bonds is 9. The highest BCUT2D eigenvalue weighted by Gasteiger charge is 2.16. The zero-order valence-corrected chi connectivity index (χ0v) is 18.6. The van der Waals surface area contributed by atoms with Crippen molar-refractivity contribution in [3.05, 3.63) is 87.9 Å². The number of nitrogens with one attached hydrogen (secondary N) is 3. The van der Waals surface area contributed by atoms with Crippen molar-refractivity contribution in [1.82, 2.24) is 0 Å². The summed E-state index contributed by atoms with van der Waals surface area (Å²) in [7, 11) is 1.49. The molecule has 0 fully saturated rings. The van der Waals surface area contributed by atoms with Crippen molar-refractivity contribution in [2.24, 2.45) is 5.73 Å². The first-order chi connectivity index (χ1) is 15.8. The summed E-state index contributed by atoms with van der Waals surface area (Å²) in [6.07, 6.45) is -0.189. The number of nitrogens with two attached hydrogens (primary N) is 1. The van der Waals surface area contributed by atoms with E-state index in [2.05, 4.69) is 10.6 Å². The lowest BCUT2D eigenvalue weighted by Crippen LogP contribution is -2.16. The molecule has 0 heterocycles. The van der Waals surface area contributed by atoms with Gasteiger partial charge < -0.3 is 26.2 Å². The fourth-order valence-electron chi connectivity index (χ4n) is 3.30. The van der Waals surface area contributed by atoms with Crippen molar-refractivity contribution in [1.29, 1.82) is 5.41 Å². The molecular formula is C24H23ClN4O4. The molecule has 1 amide bonds. The molecule has 8 nitrogen and oxygen atoms in total. The maximum Gasteiger partial charge on any atom is 0.307 e. The van der Waals surface area contributed by atoms with Crippen molar-refractivity contribution >= 4 is 40.7 Å². The first-order valence-electron chi connectivity index (χ1n) is 9.94. The Labute approximate surface area is 195 Å². The van der Waals surface area contributed by atoms with Gasteiger partial charge in [-0.2, -0.15) is 0 Å². The van der Waals surface area contributed by atoms with Gasteiger partial charge in [-0.25, -0.2) is 0 Å². The van der Waals surface area contributed by atoms with Crippen LogP contribution in [0.5, 0.6) is 5.75 Å². The van der Waals surface area contributed by atoms with Gasteiger partial charge in [0.2, 0.25) is 0 Å². The second-order valence-electron chi connectivity index (χ2n) is 7.16. The van der Waals surface area contributed by atoms with Crippen molar-refractivity contribution in [3.63, 3.8) is 0 Å². The van der Waals surface area contributed by atoms with Gasteiger partial charge in [-0.05, 0) is 54.1 Å². The van der Waals surface area contributed by atoms with Gasteiger partial charge in [0.1, 0.15) is 11.6 Å². The summed E-state index contributed by atoms with van der Waals surface area (Å²) in [5, 5.41) is 23.1. The fraction of sp³-hybridized carbons (Fsp3) is 0.125. The Kier molecular flexibility index (Phi) is 7.53. The number of carboxylic acid groups (broad SMARTS) is 1. The van der Waals surface area contributed by atoms with Crippen molar-refractivity contribution in [2.75, 3.05) is 17.7 Å². The van der Waals surface area contributed by atoms with E-state index in [4.69, 9.17) is 27.5 Å². The fourth-order valence-corrected chi connectivity index (χ4v) is 3.47. The number of carbonyl (C=O) groups is 2. The average molecular weight is 467 g/mol. The number of carboxylic acids is 1. The van der Waals surface area contributed by atoms with Crippen molar-refractivity contribution in [3.8, 4) is 5.75 Å². The minimum Gasteiger partial charge on any atom is -0.496 e. The Morgan fingerprint density at radius 3 is 2.48 bits per heavy atom. The summed E-state index contributed by atoms with van der Waals surface area (Å²) in [4.78, 5) is 24.3. The molecule has 170 valence electrons. The number of aliphatic carboxylic acids is 1. The van der Waals surface area contributed by atoms with Crippen molar-refractivity contribution in [2.45, 2.75) is 13.0 Å². The second kappa shape index (κ2) is 10.5. The van der Waals surface area contributed by atoms with E-state index in [1.807, 2.05) is 0 Å². The van der Waals surface area contributed by atoms with Crippen LogP contribution in [0.25, 0.3) is 0 Å². The molecule has 0 spiro atoms. The lowest BCUT2D eigenvalue weighted by molar-refractivity contribution is -0.136. The van der Waals surface area contributed by atoms with Gasteiger partial charge >= 0.3 is 5.97 Å². The third-order valence-corrected chi connectivity index (χ3v) is 5.16. The van der Waals surface area contributed by atoms with Crippen LogP contribution in [0.2, 0.25) is 5.02 Å². The highest BCUT2D eigenvalue weighted by molar-refractivity contribution is 6.31. The third kappa shape index (κ3) is 6.02. The van der Waals surface area contributed by atoms with E-state index in [1.165, 1.54) is 7.11 Å². The topological polar surface area (TPSA) is 138 Å². The number of anilines is 2. The predicted molar refractivity (Wildman–Crippen MR) is 129 cm³/mol. The largest absolute Gasteiger partial charge is 0.496 e. The highest BCUT2D eigenvalue weighted by atomic mass is 35.5. The Morgan fingerprint density at radius 1 is 1.12 bits per heavy atom. The Morgan fingerprint density at radius 2 is 1.85 bits per heavy atom. The van der Waals surface area contributed by atoms with Gasteiger partial charge in [0.05, 0.1) is 19.1 Å². The van der Waals surface area contributed by atoms with Crippen LogP contribution in [0, 0.1) is 5.41 Å². The van der Waals surface area contributed by atoms with Gasteiger partial charge in [0.15, 0.2) is 0 Å². The van der Waals surface area contributed by atoms with Crippen LogP contribution in [0.15, 0.2) is 60.7 Å². The molecular weight excluding hydrogens is 444 g/mol. The molecule has 3 aromatic carbocycles. The molecule has 0 radical (unpaired) electrons. The molecule has 0 unspecified atom stereocenters. The van der Waals surface area contributed by atoms with E-state index < -0.39 is 5.97 Å². The molecule has 0 aromatic heterocycles. The van der Waals surface area contributed by atoms with Crippen molar-refractivity contribution < 1.29 is 19.4 Å². The number of amidine groups is 1. The van der Waals surface area contributed by atoms with Crippen LogP contribution in [-0.4, -0.2) is 29.9 Å². The number of hydrogen-bond donors (Lipinski definition) is 5. The molecule has 0 atom stereocenters. The normalized spacial score (nSPS) is 10.4. The average Bonchev–Trinajstić information content (AvgIpc) is 2.78. The second-order valence-corrected chi connectivity index (χ2v) is 7.59. The minimum atomic E-state index is -0.969. The first-order valence-corrected chi connectivity index (χ1v) is 10.3. The lowest BCUT2D eigenvalue weighted by atomic mass is 10.0. The quantitative estimate of drug-likeness (QED) is 0.237.